The second kappa shape index (κ2) is 8.08. The summed E-state index contributed by atoms with van der Waals surface area (Å²) in [5.74, 6) is -0.0219. The van der Waals surface area contributed by atoms with E-state index >= 15 is 0 Å². The molecular formula is C21H22N2OS. The maximum atomic E-state index is 12.5. The van der Waals surface area contributed by atoms with E-state index in [1.807, 2.05) is 56.3 Å². The van der Waals surface area contributed by atoms with Crippen molar-refractivity contribution in [3.63, 3.8) is 0 Å². The summed E-state index contributed by atoms with van der Waals surface area (Å²) in [6, 6.07) is 18.2. The van der Waals surface area contributed by atoms with Crippen LogP contribution < -0.4 is 5.32 Å². The van der Waals surface area contributed by atoms with Gasteiger partial charge in [0.15, 0.2) is 0 Å². The lowest BCUT2D eigenvalue weighted by atomic mass is 9.95. The molecule has 1 heterocycles. The molecule has 1 amide bonds. The van der Waals surface area contributed by atoms with E-state index < -0.39 is 0 Å². The lowest BCUT2D eigenvalue weighted by Crippen LogP contribution is -2.28. The van der Waals surface area contributed by atoms with Gasteiger partial charge in [0.2, 0.25) is 5.91 Å². The maximum absolute atomic E-state index is 12.5. The highest BCUT2D eigenvalue weighted by molar-refractivity contribution is 7.09. The summed E-state index contributed by atoms with van der Waals surface area (Å²) in [6.45, 7) is 4.59. The van der Waals surface area contributed by atoms with E-state index in [2.05, 4.69) is 27.8 Å². The van der Waals surface area contributed by atoms with Gasteiger partial charge in [0.05, 0.1) is 16.6 Å². The van der Waals surface area contributed by atoms with Crippen LogP contribution in [0.1, 0.15) is 35.4 Å². The van der Waals surface area contributed by atoms with Gasteiger partial charge in [-0.1, -0.05) is 61.5 Å². The summed E-state index contributed by atoms with van der Waals surface area (Å²) < 4.78 is 0. The quantitative estimate of drug-likeness (QED) is 0.685. The fraction of sp³-hybridized carbons (Fsp3) is 0.238. The van der Waals surface area contributed by atoms with E-state index in [-0.39, 0.29) is 11.8 Å². The van der Waals surface area contributed by atoms with Crippen molar-refractivity contribution in [2.45, 2.75) is 32.7 Å². The third-order valence-corrected chi connectivity index (χ3v) is 5.04. The van der Waals surface area contributed by atoms with Crippen LogP contribution >= 0.6 is 11.3 Å². The number of aryl methyl sites for hydroxylation is 1. The van der Waals surface area contributed by atoms with E-state index in [0.717, 1.165) is 33.8 Å². The minimum Gasteiger partial charge on any atom is -0.351 e. The number of hydrogen-bond donors (Lipinski definition) is 1. The molecule has 128 valence electrons. The number of carbonyl (C=O) groups excluding carboxylic acids is 1. The first-order chi connectivity index (χ1) is 12.2. The van der Waals surface area contributed by atoms with Crippen LogP contribution in [0.5, 0.6) is 0 Å². The van der Waals surface area contributed by atoms with Gasteiger partial charge in [-0.05, 0) is 24.5 Å². The molecule has 0 saturated carbocycles. The van der Waals surface area contributed by atoms with E-state index in [1.54, 1.807) is 11.3 Å². The third-order valence-electron chi connectivity index (χ3n) is 4.26. The number of amides is 1. The third kappa shape index (κ3) is 4.34. The number of nitrogens with zero attached hydrogens (tertiary/aromatic N) is 1. The van der Waals surface area contributed by atoms with E-state index in [1.165, 1.54) is 0 Å². The number of nitrogens with one attached hydrogen (secondary N) is 1. The molecule has 0 bridgehead atoms. The molecule has 2 aromatic carbocycles. The topological polar surface area (TPSA) is 42.0 Å². The number of rotatable bonds is 6. The van der Waals surface area contributed by atoms with Gasteiger partial charge in [-0.2, -0.15) is 0 Å². The molecule has 0 radical (unpaired) electrons. The zero-order chi connectivity index (χ0) is 17.6. The summed E-state index contributed by atoms with van der Waals surface area (Å²) in [6.07, 6.45) is 0.790. The number of hydrogen-bond acceptors (Lipinski definition) is 3. The van der Waals surface area contributed by atoms with Crippen LogP contribution in [0.25, 0.3) is 11.3 Å². The van der Waals surface area contributed by atoms with Gasteiger partial charge in [0, 0.05) is 17.5 Å². The second-order valence-corrected chi connectivity index (χ2v) is 7.10. The summed E-state index contributed by atoms with van der Waals surface area (Å²) in [5.41, 5.74) is 4.27. The molecule has 1 aromatic heterocycles. The van der Waals surface area contributed by atoms with Crippen molar-refractivity contribution in [1.82, 2.24) is 10.3 Å². The molecule has 3 nitrogen and oxygen atoms in total. The van der Waals surface area contributed by atoms with Gasteiger partial charge in [-0.3, -0.25) is 4.79 Å². The smallest absolute Gasteiger partial charge is 0.227 e. The van der Waals surface area contributed by atoms with Crippen molar-refractivity contribution in [2.24, 2.45) is 0 Å². The molecule has 1 atom stereocenters. The Labute approximate surface area is 152 Å². The molecule has 0 spiro atoms. The first-order valence-electron chi connectivity index (χ1n) is 8.51. The minimum absolute atomic E-state index is 0.0768. The highest BCUT2D eigenvalue weighted by atomic mass is 32.1. The van der Waals surface area contributed by atoms with Gasteiger partial charge >= 0.3 is 0 Å². The average Bonchev–Trinajstić information content (AvgIpc) is 3.08. The highest BCUT2D eigenvalue weighted by Gasteiger charge is 2.17. The van der Waals surface area contributed by atoms with E-state index in [4.69, 9.17) is 0 Å². The monoisotopic (exact) mass is 350 g/mol. The van der Waals surface area contributed by atoms with Gasteiger partial charge in [-0.15, -0.1) is 11.3 Å². The molecule has 0 aliphatic carbocycles. The molecule has 0 saturated heterocycles. The summed E-state index contributed by atoms with van der Waals surface area (Å²) in [5, 5.41) is 6.19. The number of thiazole rings is 1. The number of carbonyl (C=O) groups is 1. The highest BCUT2D eigenvalue weighted by Crippen LogP contribution is 2.22. The standard InChI is InChI=1S/C21H22N2OS/c1-3-19(17-7-5-4-6-8-17)21(24)22-13-16-9-11-18(12-10-16)20-14-25-15(2)23-20/h4-12,14,19H,3,13H2,1-2H3,(H,22,24)/t19-/m1/s1. The first kappa shape index (κ1) is 17.4. The molecule has 0 aliphatic rings. The molecule has 3 rings (SSSR count). The Kier molecular flexibility index (Phi) is 5.61. The van der Waals surface area contributed by atoms with Crippen LogP contribution in [0.4, 0.5) is 0 Å². The molecule has 3 aromatic rings. The summed E-state index contributed by atoms with van der Waals surface area (Å²) in [7, 11) is 0. The van der Waals surface area contributed by atoms with Crippen molar-refractivity contribution in [3.8, 4) is 11.3 Å². The number of benzene rings is 2. The maximum Gasteiger partial charge on any atom is 0.227 e. The van der Waals surface area contributed by atoms with Gasteiger partial charge < -0.3 is 5.32 Å². The van der Waals surface area contributed by atoms with Crippen molar-refractivity contribution in [2.75, 3.05) is 0 Å². The van der Waals surface area contributed by atoms with Crippen molar-refractivity contribution >= 4 is 17.2 Å². The zero-order valence-corrected chi connectivity index (χ0v) is 15.3. The molecule has 4 heteroatoms. The Morgan fingerprint density at radius 1 is 1.12 bits per heavy atom. The predicted octanol–water partition coefficient (Wildman–Crippen LogP) is 4.93. The fourth-order valence-electron chi connectivity index (χ4n) is 2.86. The Bertz CT molecular complexity index is 825. The van der Waals surface area contributed by atoms with Gasteiger partial charge in [-0.25, -0.2) is 4.98 Å². The molecule has 1 N–H and O–H groups in total. The van der Waals surface area contributed by atoms with Crippen molar-refractivity contribution in [3.05, 3.63) is 76.1 Å². The average molecular weight is 350 g/mol. The van der Waals surface area contributed by atoms with Crippen LogP contribution in [0.2, 0.25) is 0 Å². The van der Waals surface area contributed by atoms with Crippen LogP contribution in [-0.4, -0.2) is 10.9 Å². The van der Waals surface area contributed by atoms with Gasteiger partial charge in [0.25, 0.3) is 0 Å². The lowest BCUT2D eigenvalue weighted by Gasteiger charge is -2.15. The predicted molar refractivity (Wildman–Crippen MR) is 104 cm³/mol. The number of aromatic nitrogens is 1. The van der Waals surface area contributed by atoms with Crippen LogP contribution in [0.15, 0.2) is 60.0 Å². The zero-order valence-electron chi connectivity index (χ0n) is 14.5. The van der Waals surface area contributed by atoms with E-state index in [9.17, 15) is 4.79 Å². The van der Waals surface area contributed by atoms with Gasteiger partial charge in [0.1, 0.15) is 0 Å². The molecular weight excluding hydrogens is 328 g/mol. The molecule has 25 heavy (non-hydrogen) atoms. The van der Waals surface area contributed by atoms with Crippen LogP contribution in [0, 0.1) is 6.92 Å². The minimum atomic E-state index is -0.0987. The summed E-state index contributed by atoms with van der Waals surface area (Å²) >= 11 is 1.65. The molecule has 0 fully saturated rings. The second-order valence-electron chi connectivity index (χ2n) is 6.04. The Balaban J connectivity index is 1.62. The normalized spacial score (nSPS) is 11.9. The Morgan fingerprint density at radius 3 is 2.44 bits per heavy atom. The SMILES string of the molecule is CC[C@@H](C(=O)NCc1ccc(-c2csc(C)n2)cc1)c1ccccc1. The summed E-state index contributed by atoms with van der Waals surface area (Å²) in [4.78, 5) is 17.0. The molecule has 0 aliphatic heterocycles. The lowest BCUT2D eigenvalue weighted by molar-refractivity contribution is -0.122. The Morgan fingerprint density at radius 2 is 1.84 bits per heavy atom. The largest absolute Gasteiger partial charge is 0.351 e. The first-order valence-corrected chi connectivity index (χ1v) is 9.39. The van der Waals surface area contributed by atoms with Crippen molar-refractivity contribution in [1.29, 1.82) is 0 Å². The van der Waals surface area contributed by atoms with Crippen LogP contribution in [0.3, 0.4) is 0 Å². The van der Waals surface area contributed by atoms with Crippen molar-refractivity contribution < 1.29 is 4.79 Å². The van der Waals surface area contributed by atoms with Crippen LogP contribution in [-0.2, 0) is 11.3 Å². The molecule has 0 unspecified atom stereocenters. The fourth-order valence-corrected chi connectivity index (χ4v) is 3.48. The van der Waals surface area contributed by atoms with E-state index in [0.29, 0.717) is 6.54 Å². The Hall–Kier alpha value is -2.46.